The summed E-state index contributed by atoms with van der Waals surface area (Å²) in [7, 11) is 0. The largest absolute Gasteiger partial charge is 0.481 e. The van der Waals surface area contributed by atoms with E-state index in [2.05, 4.69) is 10.2 Å². The third kappa shape index (κ3) is 3.94. The number of rotatable bonds is 6. The first-order valence-corrected chi connectivity index (χ1v) is 7.38. The zero-order valence-electron chi connectivity index (χ0n) is 13.1. The van der Waals surface area contributed by atoms with Crippen LogP contribution in [-0.2, 0) is 4.79 Å². The van der Waals surface area contributed by atoms with Gasteiger partial charge in [-0.2, -0.15) is 5.10 Å². The number of amides is 1. The van der Waals surface area contributed by atoms with Gasteiger partial charge in [-0.1, -0.05) is 32.0 Å². The molecule has 0 saturated carbocycles. The van der Waals surface area contributed by atoms with Crippen LogP contribution in [-0.4, -0.2) is 45.2 Å². The lowest BCUT2D eigenvalue weighted by Crippen LogP contribution is -2.37. The normalized spacial score (nSPS) is 10.9. The predicted octanol–water partition coefficient (Wildman–Crippen LogP) is 1.50. The van der Waals surface area contributed by atoms with Gasteiger partial charge < -0.3 is 10.0 Å². The summed E-state index contributed by atoms with van der Waals surface area (Å²) in [5.41, 5.74) is -0.232. The van der Waals surface area contributed by atoms with Crippen LogP contribution in [0.1, 0.15) is 30.8 Å². The Balaban J connectivity index is 2.41. The van der Waals surface area contributed by atoms with Gasteiger partial charge in [0.1, 0.15) is 0 Å². The molecule has 2 rings (SSSR count). The Morgan fingerprint density at radius 1 is 1.26 bits per heavy atom. The number of benzene rings is 1. The van der Waals surface area contributed by atoms with E-state index in [1.807, 2.05) is 13.8 Å². The molecule has 0 atom stereocenters. The fourth-order valence-electron chi connectivity index (χ4n) is 2.37. The fourth-order valence-corrected chi connectivity index (χ4v) is 2.37. The summed E-state index contributed by atoms with van der Waals surface area (Å²) in [4.78, 5) is 36.8. The number of H-pyrrole nitrogens is 1. The molecule has 1 heterocycles. The lowest BCUT2D eigenvalue weighted by atomic mass is 10.1. The lowest BCUT2D eigenvalue weighted by Gasteiger charge is -2.23. The number of hydrogen-bond donors (Lipinski definition) is 2. The van der Waals surface area contributed by atoms with Crippen LogP contribution in [0, 0.1) is 5.92 Å². The molecule has 0 bridgehead atoms. The highest BCUT2D eigenvalue weighted by Gasteiger charge is 2.22. The second kappa shape index (κ2) is 7.04. The van der Waals surface area contributed by atoms with E-state index in [0.29, 0.717) is 17.3 Å². The Kier molecular flexibility index (Phi) is 5.10. The van der Waals surface area contributed by atoms with Gasteiger partial charge in [0.15, 0.2) is 5.69 Å². The van der Waals surface area contributed by atoms with Crippen molar-refractivity contribution in [1.82, 2.24) is 15.1 Å². The molecule has 1 amide bonds. The highest BCUT2D eigenvalue weighted by atomic mass is 16.4. The first-order valence-electron chi connectivity index (χ1n) is 7.38. The lowest BCUT2D eigenvalue weighted by molar-refractivity contribution is -0.137. The fraction of sp³-hybridized carbons (Fsp3) is 0.375. The van der Waals surface area contributed by atoms with Crippen molar-refractivity contribution in [2.24, 2.45) is 5.92 Å². The average Bonchev–Trinajstić information content (AvgIpc) is 2.51. The molecular formula is C16H19N3O4. The van der Waals surface area contributed by atoms with Crippen LogP contribution in [0.15, 0.2) is 29.1 Å². The molecule has 0 aliphatic carbocycles. The number of nitrogens with zero attached hydrogens (tertiary/aromatic N) is 2. The summed E-state index contributed by atoms with van der Waals surface area (Å²) in [5, 5.41) is 15.9. The minimum atomic E-state index is -0.967. The smallest absolute Gasteiger partial charge is 0.305 e. The van der Waals surface area contributed by atoms with Gasteiger partial charge >= 0.3 is 5.97 Å². The van der Waals surface area contributed by atoms with E-state index >= 15 is 0 Å². The van der Waals surface area contributed by atoms with Crippen LogP contribution in [0.4, 0.5) is 0 Å². The molecule has 0 aliphatic rings. The maximum Gasteiger partial charge on any atom is 0.305 e. The molecule has 0 aliphatic heterocycles. The molecule has 0 radical (unpaired) electrons. The molecule has 2 aromatic rings. The molecule has 0 unspecified atom stereocenters. The van der Waals surface area contributed by atoms with Gasteiger partial charge in [-0.25, -0.2) is 5.10 Å². The number of carboxylic acid groups (broad SMARTS) is 1. The molecule has 122 valence electrons. The number of aromatic nitrogens is 2. The SMILES string of the molecule is CC(C)CN(CCC(=O)O)C(=O)c1n[nH]c(=O)c2ccccc12. The van der Waals surface area contributed by atoms with Crippen molar-refractivity contribution >= 4 is 22.6 Å². The topological polar surface area (TPSA) is 103 Å². The minimum absolute atomic E-state index is 0.0987. The van der Waals surface area contributed by atoms with E-state index in [1.54, 1.807) is 24.3 Å². The van der Waals surface area contributed by atoms with Crippen molar-refractivity contribution in [1.29, 1.82) is 0 Å². The molecule has 7 heteroatoms. The predicted molar refractivity (Wildman–Crippen MR) is 85.4 cm³/mol. The van der Waals surface area contributed by atoms with Crippen molar-refractivity contribution in [3.05, 3.63) is 40.3 Å². The van der Waals surface area contributed by atoms with Crippen LogP contribution in [0.5, 0.6) is 0 Å². The highest BCUT2D eigenvalue weighted by Crippen LogP contribution is 2.15. The van der Waals surface area contributed by atoms with Gasteiger partial charge in [-0.3, -0.25) is 14.4 Å². The van der Waals surface area contributed by atoms with Gasteiger partial charge in [0, 0.05) is 18.5 Å². The molecule has 23 heavy (non-hydrogen) atoms. The monoisotopic (exact) mass is 317 g/mol. The minimum Gasteiger partial charge on any atom is -0.481 e. The van der Waals surface area contributed by atoms with Crippen molar-refractivity contribution in [3.8, 4) is 0 Å². The Labute approximate surface area is 132 Å². The van der Waals surface area contributed by atoms with Gasteiger partial charge in [0.25, 0.3) is 11.5 Å². The van der Waals surface area contributed by atoms with Crippen molar-refractivity contribution in [3.63, 3.8) is 0 Å². The summed E-state index contributed by atoms with van der Waals surface area (Å²) < 4.78 is 0. The van der Waals surface area contributed by atoms with E-state index in [0.717, 1.165) is 0 Å². The zero-order valence-corrected chi connectivity index (χ0v) is 13.1. The first kappa shape index (κ1) is 16.7. The van der Waals surface area contributed by atoms with Crippen LogP contribution < -0.4 is 5.56 Å². The average molecular weight is 317 g/mol. The molecule has 2 N–H and O–H groups in total. The summed E-state index contributed by atoms with van der Waals surface area (Å²) in [5.74, 6) is -1.17. The standard InChI is InChI=1S/C16H19N3O4/c1-10(2)9-19(8-7-13(20)21)16(23)14-11-5-3-4-6-12(11)15(22)18-17-14/h3-6,10H,7-9H2,1-2H3,(H,18,22)(H,20,21). The summed E-state index contributed by atoms with van der Waals surface area (Å²) in [6, 6.07) is 6.72. The Bertz CT molecular complexity index is 782. The van der Waals surface area contributed by atoms with Crippen LogP contribution in [0.3, 0.4) is 0 Å². The highest BCUT2D eigenvalue weighted by molar-refractivity contribution is 6.04. The van der Waals surface area contributed by atoms with Crippen molar-refractivity contribution in [2.45, 2.75) is 20.3 Å². The number of aromatic amines is 1. The molecular weight excluding hydrogens is 298 g/mol. The van der Waals surface area contributed by atoms with Gasteiger partial charge in [0.2, 0.25) is 0 Å². The molecule has 7 nitrogen and oxygen atoms in total. The van der Waals surface area contributed by atoms with Gasteiger partial charge in [-0.05, 0) is 12.0 Å². The molecule has 1 aromatic carbocycles. The Morgan fingerprint density at radius 3 is 2.52 bits per heavy atom. The van der Waals surface area contributed by atoms with E-state index < -0.39 is 5.97 Å². The van der Waals surface area contributed by atoms with Gasteiger partial charge in [0.05, 0.1) is 11.8 Å². The second-order valence-electron chi connectivity index (χ2n) is 5.74. The number of carbonyl (C=O) groups is 2. The summed E-state index contributed by atoms with van der Waals surface area (Å²) in [6.07, 6.45) is -0.139. The quantitative estimate of drug-likeness (QED) is 0.840. The number of nitrogens with one attached hydrogen (secondary N) is 1. The molecule has 0 spiro atoms. The number of fused-ring (bicyclic) bond motifs is 1. The number of carboxylic acids is 1. The van der Waals surface area contributed by atoms with E-state index in [-0.39, 0.29) is 36.0 Å². The Hall–Kier alpha value is -2.70. The van der Waals surface area contributed by atoms with Crippen LogP contribution >= 0.6 is 0 Å². The van der Waals surface area contributed by atoms with E-state index in [1.165, 1.54) is 4.90 Å². The van der Waals surface area contributed by atoms with E-state index in [4.69, 9.17) is 5.11 Å². The van der Waals surface area contributed by atoms with Crippen LogP contribution in [0.2, 0.25) is 0 Å². The van der Waals surface area contributed by atoms with Crippen LogP contribution in [0.25, 0.3) is 10.8 Å². The number of hydrogen-bond acceptors (Lipinski definition) is 4. The summed E-state index contributed by atoms with van der Waals surface area (Å²) in [6.45, 7) is 4.40. The number of carbonyl (C=O) groups excluding carboxylic acids is 1. The maximum atomic E-state index is 12.8. The third-order valence-electron chi connectivity index (χ3n) is 3.37. The third-order valence-corrected chi connectivity index (χ3v) is 3.37. The first-order chi connectivity index (χ1) is 10.9. The molecule has 1 aromatic heterocycles. The maximum absolute atomic E-state index is 12.8. The van der Waals surface area contributed by atoms with E-state index in [9.17, 15) is 14.4 Å². The zero-order chi connectivity index (χ0) is 17.0. The molecule has 0 fully saturated rings. The van der Waals surface area contributed by atoms with Gasteiger partial charge in [-0.15, -0.1) is 0 Å². The second-order valence-corrected chi connectivity index (χ2v) is 5.74. The summed E-state index contributed by atoms with van der Waals surface area (Å²) >= 11 is 0. The Morgan fingerprint density at radius 2 is 1.91 bits per heavy atom. The van der Waals surface area contributed by atoms with Crippen molar-refractivity contribution < 1.29 is 14.7 Å². The number of aliphatic carboxylic acids is 1. The van der Waals surface area contributed by atoms with Crippen molar-refractivity contribution in [2.75, 3.05) is 13.1 Å². The molecule has 0 saturated heterocycles.